The molecular weight excluding hydrogens is 520 g/mol. The van der Waals surface area contributed by atoms with Crippen LogP contribution < -0.4 is 21.3 Å². The lowest BCUT2D eigenvalue weighted by molar-refractivity contribution is -0.143. The molecule has 0 aromatic heterocycles. The van der Waals surface area contributed by atoms with Crippen LogP contribution in [-0.4, -0.2) is 36.5 Å². The summed E-state index contributed by atoms with van der Waals surface area (Å²) in [7, 11) is 0. The van der Waals surface area contributed by atoms with Crippen LogP contribution in [0.3, 0.4) is 0 Å². The van der Waals surface area contributed by atoms with Gasteiger partial charge in [-0.2, -0.15) is 31.6 Å². The number of primary amides is 1. The van der Waals surface area contributed by atoms with E-state index in [2.05, 4.69) is 10.6 Å². The number of hydrogen-bond acceptors (Lipinski definition) is 5. The zero-order valence-electron chi connectivity index (χ0n) is 19.5. The Balaban J connectivity index is 2.00. The Morgan fingerprint density at radius 2 is 1.84 bits per heavy atom. The third kappa shape index (κ3) is 6.93. The number of fused-ring (bicyclic) bond motifs is 1. The zero-order chi connectivity index (χ0) is 28.3. The predicted molar refractivity (Wildman–Crippen MR) is 123 cm³/mol. The molecule has 2 aromatic rings. The van der Waals surface area contributed by atoms with Gasteiger partial charge in [-0.05, 0) is 36.8 Å². The van der Waals surface area contributed by atoms with Crippen molar-refractivity contribution < 1.29 is 40.7 Å². The maximum Gasteiger partial charge on any atom is 0.416 e. The molecule has 8 nitrogen and oxygen atoms in total. The summed E-state index contributed by atoms with van der Waals surface area (Å²) in [6.07, 6.45) is -12.2. The Kier molecular flexibility index (Phi) is 8.19. The third-order valence-corrected chi connectivity index (χ3v) is 5.78. The average molecular weight is 541 g/mol. The molecule has 2 aromatic carbocycles. The van der Waals surface area contributed by atoms with Crippen LogP contribution in [0.4, 0.5) is 43.4 Å². The number of carbonyl (C=O) groups excluding carboxylic acids is 3. The van der Waals surface area contributed by atoms with Gasteiger partial charge in [0.25, 0.3) is 0 Å². The van der Waals surface area contributed by atoms with Gasteiger partial charge in [0.2, 0.25) is 17.7 Å². The van der Waals surface area contributed by atoms with Crippen LogP contribution in [0.5, 0.6) is 0 Å². The molecule has 0 saturated carbocycles. The second-order valence-corrected chi connectivity index (χ2v) is 8.54. The number of rotatable bonds is 7. The lowest BCUT2D eigenvalue weighted by Gasteiger charge is -2.28. The third-order valence-electron chi connectivity index (χ3n) is 5.78. The number of para-hydroxylation sites is 1. The van der Waals surface area contributed by atoms with Crippen LogP contribution in [0, 0.1) is 17.2 Å². The smallest absolute Gasteiger partial charge is 0.370 e. The largest absolute Gasteiger partial charge is 0.416 e. The van der Waals surface area contributed by atoms with Gasteiger partial charge in [0.15, 0.2) is 0 Å². The molecule has 14 heteroatoms. The molecule has 38 heavy (non-hydrogen) atoms. The number of hydrogen-bond donors (Lipinski definition) is 3. The molecule has 3 amide bonds. The van der Waals surface area contributed by atoms with Gasteiger partial charge < -0.3 is 21.3 Å². The first-order valence-electron chi connectivity index (χ1n) is 11.1. The van der Waals surface area contributed by atoms with Gasteiger partial charge in [0, 0.05) is 24.4 Å². The summed E-state index contributed by atoms with van der Waals surface area (Å²) in [5.41, 5.74) is 4.17. The molecule has 1 heterocycles. The SMILES string of the molecule is N#Cc1cccc2c1NC(=O)C(NC(=O)C(CCC(F)(F)F)CC(N)=O)CN2c1cccc(C(F)(F)F)c1. The number of nitrogens with zero attached hydrogens (tertiary/aromatic N) is 2. The number of benzene rings is 2. The molecule has 3 rings (SSSR count). The van der Waals surface area contributed by atoms with E-state index in [0.29, 0.717) is 0 Å². The van der Waals surface area contributed by atoms with Gasteiger partial charge in [-0.15, -0.1) is 0 Å². The van der Waals surface area contributed by atoms with Crippen LogP contribution in [0.2, 0.25) is 0 Å². The summed E-state index contributed by atoms with van der Waals surface area (Å²) in [5, 5.41) is 14.3. The molecule has 2 atom stereocenters. The van der Waals surface area contributed by atoms with Crippen molar-refractivity contribution in [3.05, 3.63) is 53.6 Å². The summed E-state index contributed by atoms with van der Waals surface area (Å²) < 4.78 is 78.4. The number of nitrogens with one attached hydrogen (secondary N) is 2. The molecule has 0 fully saturated rings. The maximum absolute atomic E-state index is 13.4. The number of nitrogens with two attached hydrogens (primary N) is 1. The number of anilines is 3. The van der Waals surface area contributed by atoms with Crippen LogP contribution in [0.25, 0.3) is 0 Å². The Morgan fingerprint density at radius 3 is 2.45 bits per heavy atom. The molecule has 1 aliphatic heterocycles. The highest BCUT2D eigenvalue weighted by Crippen LogP contribution is 2.39. The highest BCUT2D eigenvalue weighted by Gasteiger charge is 2.36. The summed E-state index contributed by atoms with van der Waals surface area (Å²) >= 11 is 0. The van der Waals surface area contributed by atoms with Gasteiger partial charge in [0.1, 0.15) is 12.1 Å². The minimum absolute atomic E-state index is 0.0171. The molecule has 1 aliphatic rings. The molecule has 0 aliphatic carbocycles. The second-order valence-electron chi connectivity index (χ2n) is 8.54. The molecule has 202 valence electrons. The van der Waals surface area contributed by atoms with Crippen molar-refractivity contribution in [3.8, 4) is 6.07 Å². The predicted octanol–water partition coefficient (Wildman–Crippen LogP) is 3.99. The fourth-order valence-electron chi connectivity index (χ4n) is 3.97. The minimum Gasteiger partial charge on any atom is -0.370 e. The molecule has 0 bridgehead atoms. The van der Waals surface area contributed by atoms with E-state index in [1.807, 2.05) is 6.07 Å². The van der Waals surface area contributed by atoms with Crippen LogP contribution in [-0.2, 0) is 20.6 Å². The average Bonchev–Trinajstić information content (AvgIpc) is 2.96. The summed E-state index contributed by atoms with van der Waals surface area (Å²) in [6.45, 7) is -0.441. The highest BCUT2D eigenvalue weighted by molar-refractivity contribution is 6.04. The van der Waals surface area contributed by atoms with E-state index in [0.717, 1.165) is 18.2 Å². The van der Waals surface area contributed by atoms with Crippen molar-refractivity contribution in [2.24, 2.45) is 11.7 Å². The number of amides is 3. The maximum atomic E-state index is 13.4. The Labute approximate surface area is 212 Å². The molecule has 0 radical (unpaired) electrons. The van der Waals surface area contributed by atoms with E-state index in [1.165, 1.54) is 29.2 Å². The van der Waals surface area contributed by atoms with Crippen molar-refractivity contribution in [1.29, 1.82) is 5.26 Å². The molecule has 2 unspecified atom stereocenters. The van der Waals surface area contributed by atoms with Crippen LogP contribution >= 0.6 is 0 Å². The van der Waals surface area contributed by atoms with Crippen molar-refractivity contribution in [1.82, 2.24) is 5.32 Å². The van der Waals surface area contributed by atoms with Gasteiger partial charge in [-0.3, -0.25) is 14.4 Å². The van der Waals surface area contributed by atoms with Crippen molar-refractivity contribution in [3.63, 3.8) is 0 Å². The summed E-state index contributed by atoms with van der Waals surface area (Å²) in [5.74, 6) is -4.48. The molecular formula is C24H21F6N5O3. The van der Waals surface area contributed by atoms with E-state index in [4.69, 9.17) is 5.73 Å². The lowest BCUT2D eigenvalue weighted by Crippen LogP contribution is -2.50. The van der Waals surface area contributed by atoms with Crippen LogP contribution in [0.15, 0.2) is 42.5 Å². The fraction of sp³-hybridized carbons (Fsp3) is 0.333. The summed E-state index contributed by atoms with van der Waals surface area (Å²) in [6, 6.07) is 8.76. The monoisotopic (exact) mass is 541 g/mol. The van der Waals surface area contributed by atoms with E-state index in [-0.39, 0.29) is 22.6 Å². The van der Waals surface area contributed by atoms with E-state index in [9.17, 15) is 46.0 Å². The first kappa shape index (κ1) is 28.3. The normalized spacial score (nSPS) is 16.5. The quantitative estimate of drug-likeness (QED) is 0.457. The van der Waals surface area contributed by atoms with Crippen molar-refractivity contribution in [2.45, 2.75) is 37.7 Å². The summed E-state index contributed by atoms with van der Waals surface area (Å²) in [4.78, 5) is 38.5. The minimum atomic E-state index is -4.69. The lowest BCUT2D eigenvalue weighted by atomic mass is 9.97. The number of alkyl halides is 6. The van der Waals surface area contributed by atoms with Gasteiger partial charge in [-0.1, -0.05) is 12.1 Å². The van der Waals surface area contributed by atoms with Crippen LogP contribution in [0.1, 0.15) is 30.4 Å². The first-order chi connectivity index (χ1) is 17.7. The van der Waals surface area contributed by atoms with E-state index >= 15 is 0 Å². The standard InChI is InChI=1S/C24H21F6N5O3/c25-23(26,27)8-7-13(9-19(32)36)21(37)33-17-12-35(16-5-2-4-15(10-16)24(28,29)30)18-6-1-3-14(11-31)20(18)34-22(17)38/h1-6,10,13,17H,7-9,12H2,(H2,32,36)(H,33,37)(H,34,38). The molecule has 4 N–H and O–H groups in total. The van der Waals surface area contributed by atoms with E-state index < -0.39 is 73.4 Å². The second kappa shape index (κ2) is 11.0. The Hall–Kier alpha value is -4.28. The molecule has 0 spiro atoms. The Bertz CT molecular complexity index is 1270. The van der Waals surface area contributed by atoms with Crippen molar-refractivity contribution in [2.75, 3.05) is 16.8 Å². The van der Waals surface area contributed by atoms with E-state index in [1.54, 1.807) is 0 Å². The number of nitriles is 1. The molecule has 0 saturated heterocycles. The van der Waals surface area contributed by atoms with Crippen molar-refractivity contribution >= 4 is 34.8 Å². The number of carbonyl (C=O) groups is 3. The van der Waals surface area contributed by atoms with Gasteiger partial charge in [-0.25, -0.2) is 0 Å². The highest BCUT2D eigenvalue weighted by atomic mass is 19.4. The van der Waals surface area contributed by atoms with Gasteiger partial charge >= 0.3 is 12.4 Å². The Morgan fingerprint density at radius 1 is 1.16 bits per heavy atom. The topological polar surface area (TPSA) is 128 Å². The zero-order valence-corrected chi connectivity index (χ0v) is 19.5. The van der Waals surface area contributed by atoms with Gasteiger partial charge in [0.05, 0.1) is 29.0 Å². The number of halogens is 6. The fourth-order valence-corrected chi connectivity index (χ4v) is 3.97. The first-order valence-corrected chi connectivity index (χ1v) is 11.1.